The van der Waals surface area contributed by atoms with E-state index in [2.05, 4.69) is 4.72 Å². The highest BCUT2D eigenvalue weighted by Crippen LogP contribution is 2.14. The Labute approximate surface area is 129 Å². The molecule has 1 amide bonds. The van der Waals surface area contributed by atoms with Crippen LogP contribution in [0.4, 0.5) is 0 Å². The summed E-state index contributed by atoms with van der Waals surface area (Å²) in [6, 6.07) is 1.18. The van der Waals surface area contributed by atoms with Crippen LogP contribution in [0.3, 0.4) is 0 Å². The maximum Gasteiger partial charge on any atom is 0.265 e. The van der Waals surface area contributed by atoms with Crippen molar-refractivity contribution in [2.45, 2.75) is 11.3 Å². The molecule has 0 atom stereocenters. The van der Waals surface area contributed by atoms with Crippen molar-refractivity contribution >= 4 is 26.0 Å². The van der Waals surface area contributed by atoms with E-state index in [1.807, 2.05) is 0 Å². The van der Waals surface area contributed by atoms with Crippen LogP contribution in [0.15, 0.2) is 17.2 Å². The third-order valence-electron chi connectivity index (χ3n) is 3.40. The monoisotopic (exact) mass is 350 g/mol. The van der Waals surface area contributed by atoms with E-state index < -0.39 is 26.0 Å². The van der Waals surface area contributed by atoms with Gasteiger partial charge in [-0.2, -0.15) is 0 Å². The van der Waals surface area contributed by atoms with Crippen molar-refractivity contribution in [3.63, 3.8) is 0 Å². The van der Waals surface area contributed by atoms with E-state index >= 15 is 0 Å². The first-order valence-corrected chi connectivity index (χ1v) is 9.66. The van der Waals surface area contributed by atoms with Crippen LogP contribution in [0.2, 0.25) is 0 Å². The minimum Gasteiger partial charge on any atom is -0.364 e. The summed E-state index contributed by atoms with van der Waals surface area (Å²) in [6.07, 6.45) is 1.82. The Kier molecular flexibility index (Phi) is 4.61. The molecule has 2 heterocycles. The van der Waals surface area contributed by atoms with E-state index in [0.717, 1.165) is 0 Å². The van der Waals surface area contributed by atoms with Crippen LogP contribution in [-0.2, 0) is 27.1 Å². The van der Waals surface area contributed by atoms with Crippen LogP contribution in [-0.4, -0.2) is 57.0 Å². The summed E-state index contributed by atoms with van der Waals surface area (Å²) in [5.41, 5.74) is 5.21. The van der Waals surface area contributed by atoms with E-state index in [1.165, 1.54) is 28.2 Å². The Hall–Kier alpha value is -1.43. The second-order valence-corrected chi connectivity index (χ2v) is 8.86. The summed E-state index contributed by atoms with van der Waals surface area (Å²) in [7, 11) is -5.56. The van der Waals surface area contributed by atoms with Crippen LogP contribution < -0.4 is 10.5 Å². The number of hydrogen-bond donors (Lipinski definition) is 2. The Morgan fingerprint density at radius 3 is 2.64 bits per heavy atom. The number of aromatic nitrogens is 1. The molecule has 11 heteroatoms. The number of nitrogens with zero attached hydrogens (tertiary/aromatic N) is 2. The predicted octanol–water partition coefficient (Wildman–Crippen LogP) is -1.56. The maximum atomic E-state index is 12.1. The molecule has 1 saturated heterocycles. The second kappa shape index (κ2) is 5.99. The third kappa shape index (κ3) is 3.48. The van der Waals surface area contributed by atoms with Crippen LogP contribution in [0.1, 0.15) is 16.9 Å². The van der Waals surface area contributed by atoms with Gasteiger partial charge in [0.2, 0.25) is 20.0 Å². The van der Waals surface area contributed by atoms with Gasteiger partial charge in [-0.05, 0) is 12.5 Å². The van der Waals surface area contributed by atoms with Crippen LogP contribution >= 0.6 is 0 Å². The summed E-state index contributed by atoms with van der Waals surface area (Å²) in [4.78, 5) is 11.0. The molecular formula is C11H18N4O5S2. The number of aryl methyl sites for hydroxylation is 1. The number of carbonyl (C=O) groups excluding carboxylic acids is 1. The molecule has 22 heavy (non-hydrogen) atoms. The van der Waals surface area contributed by atoms with E-state index in [4.69, 9.17) is 5.73 Å². The fraction of sp³-hybridized carbons (Fsp3) is 0.545. The van der Waals surface area contributed by atoms with Gasteiger partial charge in [-0.1, -0.05) is 0 Å². The Bertz CT molecular complexity index is 781. The summed E-state index contributed by atoms with van der Waals surface area (Å²) in [6.45, 7) is 0.445. The lowest BCUT2D eigenvalue weighted by molar-refractivity contribution is 0.0992. The average molecular weight is 350 g/mol. The molecule has 0 bridgehead atoms. The molecule has 1 fully saturated rings. The van der Waals surface area contributed by atoms with Gasteiger partial charge in [0.25, 0.3) is 5.91 Å². The molecule has 0 radical (unpaired) electrons. The molecule has 1 aromatic heterocycles. The fourth-order valence-electron chi connectivity index (χ4n) is 2.26. The molecule has 0 unspecified atom stereocenters. The molecule has 3 N–H and O–H groups in total. The minimum absolute atomic E-state index is 0.0393. The van der Waals surface area contributed by atoms with Gasteiger partial charge >= 0.3 is 0 Å². The zero-order chi connectivity index (χ0) is 16.5. The summed E-state index contributed by atoms with van der Waals surface area (Å²) in [5.74, 6) is -0.632. The van der Waals surface area contributed by atoms with Crippen molar-refractivity contribution in [3.05, 3.63) is 18.0 Å². The van der Waals surface area contributed by atoms with Gasteiger partial charge in [-0.3, -0.25) is 4.79 Å². The highest BCUT2D eigenvalue weighted by atomic mass is 32.2. The second-order valence-electron chi connectivity index (χ2n) is 5.00. The highest BCUT2D eigenvalue weighted by Gasteiger charge is 2.28. The molecule has 0 aliphatic carbocycles. The fourth-order valence-corrected chi connectivity index (χ4v) is 4.88. The highest BCUT2D eigenvalue weighted by molar-refractivity contribution is 7.89. The number of rotatable bonds is 6. The van der Waals surface area contributed by atoms with Crippen LogP contribution in [0, 0.1) is 0 Å². The molecule has 0 aromatic carbocycles. The summed E-state index contributed by atoms with van der Waals surface area (Å²) < 4.78 is 52.3. The van der Waals surface area contributed by atoms with Crippen molar-refractivity contribution in [1.29, 1.82) is 0 Å². The van der Waals surface area contributed by atoms with Crippen LogP contribution in [0.25, 0.3) is 0 Å². The lowest BCUT2D eigenvalue weighted by atomic mass is 10.4. The average Bonchev–Trinajstić information content (AvgIpc) is 2.93. The Morgan fingerprint density at radius 1 is 1.45 bits per heavy atom. The Morgan fingerprint density at radius 2 is 2.14 bits per heavy atom. The van der Waals surface area contributed by atoms with Gasteiger partial charge in [-0.15, -0.1) is 0 Å². The third-order valence-corrected chi connectivity index (χ3v) is 6.78. The van der Waals surface area contributed by atoms with E-state index in [0.29, 0.717) is 13.0 Å². The zero-order valence-electron chi connectivity index (χ0n) is 12.0. The largest absolute Gasteiger partial charge is 0.364 e. The van der Waals surface area contributed by atoms with Gasteiger partial charge in [0.1, 0.15) is 10.6 Å². The Balaban J connectivity index is 2.03. The SMILES string of the molecule is Cn1cc(S(=O)(=O)NCCN2CCCS2(=O)=O)cc1C(N)=O. The zero-order valence-corrected chi connectivity index (χ0v) is 13.7. The topological polar surface area (TPSA) is 132 Å². The van der Waals surface area contributed by atoms with Crippen molar-refractivity contribution < 1.29 is 21.6 Å². The number of amides is 1. The van der Waals surface area contributed by atoms with Crippen LogP contribution in [0.5, 0.6) is 0 Å². The van der Waals surface area contributed by atoms with Crippen molar-refractivity contribution in [2.75, 3.05) is 25.4 Å². The molecule has 0 spiro atoms. The number of carbonyl (C=O) groups is 1. The lowest BCUT2D eigenvalue weighted by Crippen LogP contribution is -2.35. The van der Waals surface area contributed by atoms with Gasteiger partial charge in [-0.25, -0.2) is 25.9 Å². The lowest BCUT2D eigenvalue weighted by Gasteiger charge is -2.14. The normalized spacial score (nSPS) is 18.6. The number of nitrogens with one attached hydrogen (secondary N) is 1. The van der Waals surface area contributed by atoms with Gasteiger partial charge < -0.3 is 10.3 Å². The molecule has 124 valence electrons. The maximum absolute atomic E-state index is 12.1. The first kappa shape index (κ1) is 16.9. The van der Waals surface area contributed by atoms with Crippen molar-refractivity contribution in [1.82, 2.24) is 13.6 Å². The van der Waals surface area contributed by atoms with Gasteiger partial charge in [0.15, 0.2) is 0 Å². The number of nitrogens with two attached hydrogens (primary N) is 1. The van der Waals surface area contributed by atoms with E-state index in [-0.39, 0.29) is 29.4 Å². The quantitative estimate of drug-likeness (QED) is 0.640. The number of hydrogen-bond acceptors (Lipinski definition) is 5. The number of primary amides is 1. The number of sulfonamides is 2. The molecule has 1 aliphatic heterocycles. The first-order valence-electron chi connectivity index (χ1n) is 6.57. The smallest absolute Gasteiger partial charge is 0.265 e. The van der Waals surface area contributed by atoms with Gasteiger partial charge in [0.05, 0.1) is 5.75 Å². The first-order chi connectivity index (χ1) is 10.1. The standard InChI is InChI=1S/C11H18N4O5S2/c1-14-8-9(7-10(14)11(12)16)22(19,20)13-3-5-15-4-2-6-21(15,17)18/h7-8,13H,2-6H2,1H3,(H2,12,16). The summed E-state index contributed by atoms with van der Waals surface area (Å²) in [5, 5.41) is 0. The van der Waals surface area contributed by atoms with Crippen molar-refractivity contribution in [2.24, 2.45) is 12.8 Å². The van der Waals surface area contributed by atoms with E-state index in [9.17, 15) is 21.6 Å². The molecule has 1 aromatic rings. The van der Waals surface area contributed by atoms with E-state index in [1.54, 1.807) is 0 Å². The molecular weight excluding hydrogens is 332 g/mol. The molecule has 9 nitrogen and oxygen atoms in total. The molecule has 1 aliphatic rings. The summed E-state index contributed by atoms with van der Waals surface area (Å²) >= 11 is 0. The van der Waals surface area contributed by atoms with Crippen molar-refractivity contribution in [3.8, 4) is 0 Å². The predicted molar refractivity (Wildman–Crippen MR) is 79.1 cm³/mol. The van der Waals surface area contributed by atoms with Gasteiger partial charge in [0, 0.05) is 32.9 Å². The molecule has 0 saturated carbocycles. The molecule has 2 rings (SSSR count). The minimum atomic E-state index is -3.82.